The average molecular weight is 423 g/mol. The Labute approximate surface area is 181 Å². The van der Waals surface area contributed by atoms with E-state index < -0.39 is 0 Å². The van der Waals surface area contributed by atoms with Crippen LogP contribution in [0.2, 0.25) is 0 Å². The van der Waals surface area contributed by atoms with Crippen LogP contribution in [0.4, 0.5) is 9.39 Å². The van der Waals surface area contributed by atoms with E-state index in [0.717, 1.165) is 42.1 Å². The molecule has 1 amide bonds. The average Bonchev–Trinajstić information content (AvgIpc) is 3.04. The summed E-state index contributed by atoms with van der Waals surface area (Å²) in [4.78, 5) is 16.6. The summed E-state index contributed by atoms with van der Waals surface area (Å²) in [6.07, 6.45) is 3.56. The van der Waals surface area contributed by atoms with Gasteiger partial charge in [-0.3, -0.25) is 9.69 Å². The summed E-state index contributed by atoms with van der Waals surface area (Å²) in [5, 5.41) is 4.06. The Kier molecular flexibility index (Phi) is 6.30. The number of rotatable bonds is 5. The minimum Gasteiger partial charge on any atom is -0.313 e. The van der Waals surface area contributed by atoms with Gasteiger partial charge in [-0.15, -0.1) is 11.3 Å². The Morgan fingerprint density at radius 3 is 2.33 bits per heavy atom. The molecular formula is C25H27FN2OS. The van der Waals surface area contributed by atoms with Gasteiger partial charge in [-0.05, 0) is 75.2 Å². The monoisotopic (exact) mass is 422 g/mol. The number of nitrogens with zero attached hydrogens (tertiary/aromatic N) is 1. The van der Waals surface area contributed by atoms with Gasteiger partial charge in [0.1, 0.15) is 10.8 Å². The number of amides is 1. The van der Waals surface area contributed by atoms with Crippen molar-refractivity contribution in [2.75, 3.05) is 18.4 Å². The third-order valence-electron chi connectivity index (χ3n) is 5.91. The summed E-state index contributed by atoms with van der Waals surface area (Å²) in [7, 11) is 0. The Hall–Kier alpha value is -2.50. The van der Waals surface area contributed by atoms with Crippen molar-refractivity contribution < 1.29 is 9.18 Å². The molecule has 0 unspecified atom stereocenters. The van der Waals surface area contributed by atoms with Crippen molar-refractivity contribution >= 4 is 22.2 Å². The van der Waals surface area contributed by atoms with E-state index in [-0.39, 0.29) is 17.8 Å². The van der Waals surface area contributed by atoms with Gasteiger partial charge in [-0.2, -0.15) is 0 Å². The first-order valence-corrected chi connectivity index (χ1v) is 11.3. The number of hydrogen-bond donors (Lipinski definition) is 1. The van der Waals surface area contributed by atoms with Gasteiger partial charge >= 0.3 is 0 Å². The smallest absolute Gasteiger partial charge is 0.256 e. The first kappa shape index (κ1) is 20.8. The highest BCUT2D eigenvalue weighted by Crippen LogP contribution is 2.43. The van der Waals surface area contributed by atoms with Gasteiger partial charge in [-0.1, -0.05) is 36.8 Å². The molecule has 0 spiro atoms. The van der Waals surface area contributed by atoms with Crippen LogP contribution in [0.3, 0.4) is 0 Å². The number of piperidine rings is 1. The number of carbonyl (C=O) groups excluding carboxylic acids is 1. The fourth-order valence-electron chi connectivity index (χ4n) is 4.21. The normalized spacial score (nSPS) is 15.7. The molecule has 1 aliphatic heterocycles. The van der Waals surface area contributed by atoms with Crippen molar-refractivity contribution in [2.45, 2.75) is 39.2 Å². The summed E-state index contributed by atoms with van der Waals surface area (Å²) < 4.78 is 13.6. The van der Waals surface area contributed by atoms with Crippen LogP contribution in [-0.2, 0) is 0 Å². The quantitative estimate of drug-likeness (QED) is 0.521. The molecule has 0 radical (unpaired) electrons. The van der Waals surface area contributed by atoms with E-state index in [4.69, 9.17) is 0 Å². The second kappa shape index (κ2) is 9.11. The van der Waals surface area contributed by atoms with Crippen molar-refractivity contribution in [3.63, 3.8) is 0 Å². The topological polar surface area (TPSA) is 32.3 Å². The molecule has 2 aromatic carbocycles. The van der Waals surface area contributed by atoms with Crippen LogP contribution in [0.25, 0.3) is 0 Å². The van der Waals surface area contributed by atoms with Crippen LogP contribution in [0.15, 0.2) is 54.6 Å². The van der Waals surface area contributed by atoms with Crippen molar-refractivity contribution in [2.24, 2.45) is 0 Å². The fourth-order valence-corrected chi connectivity index (χ4v) is 5.30. The predicted molar refractivity (Wildman–Crippen MR) is 122 cm³/mol. The zero-order chi connectivity index (χ0) is 21.1. The zero-order valence-electron chi connectivity index (χ0n) is 17.5. The highest BCUT2D eigenvalue weighted by atomic mass is 32.1. The standard InChI is InChI=1S/C25H27FN2OS/c1-17-18(2)30-25(27-24(29)20-9-5-3-6-10-20)22(17)23(28-15-7-4-8-16-28)19-11-13-21(26)14-12-19/h3,5-6,9-14,23H,4,7-8,15-16H2,1-2H3,(H,27,29)/t23-/m1/s1. The minimum atomic E-state index is -0.230. The maximum absolute atomic E-state index is 13.6. The van der Waals surface area contributed by atoms with Crippen molar-refractivity contribution in [3.05, 3.63) is 87.5 Å². The second-order valence-electron chi connectivity index (χ2n) is 7.90. The number of likely N-dealkylation sites (tertiary alicyclic amines) is 1. The molecule has 1 aromatic heterocycles. The van der Waals surface area contributed by atoms with Gasteiger partial charge < -0.3 is 5.32 Å². The first-order chi connectivity index (χ1) is 14.5. The van der Waals surface area contributed by atoms with E-state index in [1.165, 1.54) is 29.0 Å². The largest absolute Gasteiger partial charge is 0.313 e. The molecule has 0 saturated carbocycles. The van der Waals surface area contributed by atoms with E-state index in [1.54, 1.807) is 11.3 Å². The SMILES string of the molecule is Cc1sc(NC(=O)c2ccccc2)c([C@@H](c2ccc(F)cc2)N2CCCCC2)c1C. The molecule has 1 fully saturated rings. The van der Waals surface area contributed by atoms with Gasteiger partial charge in [0, 0.05) is 16.0 Å². The molecule has 156 valence electrons. The molecule has 0 bridgehead atoms. The Morgan fingerprint density at radius 1 is 1.00 bits per heavy atom. The maximum Gasteiger partial charge on any atom is 0.256 e. The summed E-state index contributed by atoms with van der Waals surface area (Å²) in [5.74, 6) is -0.332. The lowest BCUT2D eigenvalue weighted by molar-refractivity contribution is 0.102. The molecule has 2 heterocycles. The number of thiophene rings is 1. The zero-order valence-corrected chi connectivity index (χ0v) is 18.3. The molecule has 0 aliphatic carbocycles. The Balaban J connectivity index is 1.76. The van der Waals surface area contributed by atoms with E-state index in [9.17, 15) is 9.18 Å². The predicted octanol–water partition coefficient (Wildman–Crippen LogP) is 6.33. The van der Waals surface area contributed by atoms with E-state index >= 15 is 0 Å². The maximum atomic E-state index is 13.6. The van der Waals surface area contributed by atoms with Gasteiger partial charge in [0.15, 0.2) is 0 Å². The van der Waals surface area contributed by atoms with E-state index in [1.807, 2.05) is 42.5 Å². The number of carbonyl (C=O) groups is 1. The molecule has 1 N–H and O–H groups in total. The van der Waals surface area contributed by atoms with Crippen LogP contribution in [0.5, 0.6) is 0 Å². The number of nitrogens with one attached hydrogen (secondary N) is 1. The lowest BCUT2D eigenvalue weighted by atomic mass is 9.93. The highest BCUT2D eigenvalue weighted by Gasteiger charge is 2.30. The minimum absolute atomic E-state index is 0.00178. The fraction of sp³-hybridized carbons (Fsp3) is 0.320. The van der Waals surface area contributed by atoms with Crippen molar-refractivity contribution in [3.8, 4) is 0 Å². The Morgan fingerprint density at radius 2 is 1.67 bits per heavy atom. The summed E-state index contributed by atoms with van der Waals surface area (Å²) in [5.41, 5.74) is 4.04. The van der Waals surface area contributed by atoms with Gasteiger partial charge in [-0.25, -0.2) is 4.39 Å². The molecule has 1 aliphatic rings. The van der Waals surface area contributed by atoms with Crippen LogP contribution >= 0.6 is 11.3 Å². The number of aryl methyl sites for hydroxylation is 1. The van der Waals surface area contributed by atoms with E-state index in [0.29, 0.717) is 5.56 Å². The van der Waals surface area contributed by atoms with Crippen LogP contribution in [0, 0.1) is 19.7 Å². The number of hydrogen-bond acceptors (Lipinski definition) is 3. The van der Waals surface area contributed by atoms with Gasteiger partial charge in [0.2, 0.25) is 0 Å². The molecule has 5 heteroatoms. The van der Waals surface area contributed by atoms with Gasteiger partial charge in [0.25, 0.3) is 5.91 Å². The molecule has 3 nitrogen and oxygen atoms in total. The second-order valence-corrected chi connectivity index (χ2v) is 9.12. The number of anilines is 1. The summed E-state index contributed by atoms with van der Waals surface area (Å²) in [6.45, 7) is 6.23. The third kappa shape index (κ3) is 4.32. The number of benzene rings is 2. The molecular weight excluding hydrogens is 395 g/mol. The highest BCUT2D eigenvalue weighted by molar-refractivity contribution is 7.16. The first-order valence-electron chi connectivity index (χ1n) is 10.5. The molecule has 3 aromatic rings. The van der Waals surface area contributed by atoms with E-state index in [2.05, 4.69) is 24.1 Å². The van der Waals surface area contributed by atoms with Crippen LogP contribution in [0.1, 0.15) is 57.2 Å². The lowest BCUT2D eigenvalue weighted by Gasteiger charge is -2.36. The molecule has 1 atom stereocenters. The van der Waals surface area contributed by atoms with Gasteiger partial charge in [0.05, 0.1) is 6.04 Å². The van der Waals surface area contributed by atoms with Crippen molar-refractivity contribution in [1.29, 1.82) is 0 Å². The number of halogens is 1. The summed E-state index contributed by atoms with van der Waals surface area (Å²) in [6, 6.07) is 16.1. The Bertz CT molecular complexity index is 1010. The molecule has 4 rings (SSSR count). The molecule has 1 saturated heterocycles. The summed E-state index contributed by atoms with van der Waals surface area (Å²) >= 11 is 1.62. The van der Waals surface area contributed by atoms with Crippen LogP contribution < -0.4 is 5.32 Å². The van der Waals surface area contributed by atoms with Crippen LogP contribution in [-0.4, -0.2) is 23.9 Å². The lowest BCUT2D eigenvalue weighted by Crippen LogP contribution is -2.35. The third-order valence-corrected chi connectivity index (χ3v) is 7.05. The van der Waals surface area contributed by atoms with Crippen molar-refractivity contribution in [1.82, 2.24) is 4.90 Å². The molecule has 30 heavy (non-hydrogen) atoms.